The minimum absolute atomic E-state index is 0.0769. The minimum atomic E-state index is -0.0769. The van der Waals surface area contributed by atoms with Gasteiger partial charge in [0.15, 0.2) is 0 Å². The highest BCUT2D eigenvalue weighted by atomic mass is 16.4. The summed E-state index contributed by atoms with van der Waals surface area (Å²) in [6.07, 6.45) is 5.85. The highest BCUT2D eigenvalue weighted by molar-refractivity contribution is 5.12. The Hall–Kier alpha value is -0.830. The molecule has 0 bridgehead atoms. The van der Waals surface area contributed by atoms with Crippen molar-refractivity contribution in [2.45, 2.75) is 45.1 Å². The predicted molar refractivity (Wildman–Crippen MR) is 50.4 cm³/mol. The highest BCUT2D eigenvalue weighted by Crippen LogP contribution is 2.22. The molecule has 0 saturated heterocycles. The summed E-state index contributed by atoms with van der Waals surface area (Å²) in [5.74, 6) is 1.77. The minimum Gasteiger partial charge on any atom is -0.444 e. The summed E-state index contributed by atoms with van der Waals surface area (Å²) in [6.45, 7) is 1.91. The standard InChI is InChI=1S/C10H16N2O/c1-7(11)10-12-8-5-3-2-4-6-9(8)13-10/h7H,2-6,11H2,1H3/t7-/m0/s1. The summed E-state index contributed by atoms with van der Waals surface area (Å²) in [5.41, 5.74) is 6.85. The maximum atomic E-state index is 5.71. The molecule has 1 aliphatic carbocycles. The number of oxazole rings is 1. The zero-order valence-electron chi connectivity index (χ0n) is 8.05. The quantitative estimate of drug-likeness (QED) is 0.672. The second-order valence-electron chi connectivity index (χ2n) is 3.77. The van der Waals surface area contributed by atoms with E-state index in [1.54, 1.807) is 0 Å². The Morgan fingerprint density at radius 1 is 1.31 bits per heavy atom. The number of nitrogens with zero attached hydrogens (tertiary/aromatic N) is 1. The van der Waals surface area contributed by atoms with E-state index in [4.69, 9.17) is 10.2 Å². The van der Waals surface area contributed by atoms with Gasteiger partial charge in [-0.1, -0.05) is 6.42 Å². The van der Waals surface area contributed by atoms with Crippen LogP contribution < -0.4 is 5.73 Å². The summed E-state index contributed by atoms with van der Waals surface area (Å²) in [5, 5.41) is 0. The molecule has 13 heavy (non-hydrogen) atoms. The van der Waals surface area contributed by atoms with Crippen molar-refractivity contribution in [3.8, 4) is 0 Å². The van der Waals surface area contributed by atoms with E-state index in [1.807, 2.05) is 6.92 Å². The van der Waals surface area contributed by atoms with Crippen molar-refractivity contribution in [2.24, 2.45) is 5.73 Å². The first kappa shape index (κ1) is 8.75. The van der Waals surface area contributed by atoms with Gasteiger partial charge in [-0.05, 0) is 26.2 Å². The molecule has 2 N–H and O–H groups in total. The highest BCUT2D eigenvalue weighted by Gasteiger charge is 2.17. The van der Waals surface area contributed by atoms with Crippen molar-refractivity contribution in [3.05, 3.63) is 17.3 Å². The lowest BCUT2D eigenvalue weighted by molar-refractivity contribution is 0.426. The number of nitrogens with two attached hydrogens (primary N) is 1. The summed E-state index contributed by atoms with van der Waals surface area (Å²) in [7, 11) is 0. The third kappa shape index (κ3) is 1.75. The van der Waals surface area contributed by atoms with Gasteiger partial charge >= 0.3 is 0 Å². The fourth-order valence-electron chi connectivity index (χ4n) is 1.74. The van der Waals surface area contributed by atoms with Gasteiger partial charge in [-0.3, -0.25) is 0 Å². The van der Waals surface area contributed by atoms with Crippen LogP contribution in [-0.4, -0.2) is 4.98 Å². The van der Waals surface area contributed by atoms with E-state index in [0.717, 1.165) is 24.3 Å². The zero-order chi connectivity index (χ0) is 9.26. The number of aryl methyl sites for hydroxylation is 2. The molecule has 0 fully saturated rings. The molecule has 1 aliphatic rings. The Labute approximate surface area is 78.3 Å². The third-order valence-corrected chi connectivity index (χ3v) is 2.50. The van der Waals surface area contributed by atoms with Crippen LogP contribution >= 0.6 is 0 Å². The molecule has 0 radical (unpaired) electrons. The lowest BCUT2D eigenvalue weighted by atomic mass is 10.2. The normalized spacial score (nSPS) is 19.2. The Kier molecular flexibility index (Phi) is 2.36. The SMILES string of the molecule is C[C@H](N)c1nc2c(o1)CCCCC2. The Morgan fingerprint density at radius 2 is 2.08 bits per heavy atom. The Morgan fingerprint density at radius 3 is 2.85 bits per heavy atom. The van der Waals surface area contributed by atoms with Crippen molar-refractivity contribution in [1.29, 1.82) is 0 Å². The maximum absolute atomic E-state index is 5.71. The molecule has 0 aliphatic heterocycles. The molecule has 3 nitrogen and oxygen atoms in total. The van der Waals surface area contributed by atoms with E-state index in [1.165, 1.54) is 19.3 Å². The lowest BCUT2D eigenvalue weighted by Crippen LogP contribution is -2.05. The molecule has 0 amide bonds. The van der Waals surface area contributed by atoms with Crippen LogP contribution in [0.4, 0.5) is 0 Å². The van der Waals surface area contributed by atoms with Crippen molar-refractivity contribution in [2.75, 3.05) is 0 Å². The Balaban J connectivity index is 2.27. The van der Waals surface area contributed by atoms with E-state index >= 15 is 0 Å². The van der Waals surface area contributed by atoms with Gasteiger partial charge in [-0.15, -0.1) is 0 Å². The molecule has 0 unspecified atom stereocenters. The smallest absolute Gasteiger partial charge is 0.211 e. The average Bonchev–Trinajstić information content (AvgIpc) is 2.38. The van der Waals surface area contributed by atoms with Crippen LogP contribution in [-0.2, 0) is 12.8 Å². The van der Waals surface area contributed by atoms with Gasteiger partial charge in [0.25, 0.3) is 0 Å². The van der Waals surface area contributed by atoms with E-state index in [0.29, 0.717) is 5.89 Å². The third-order valence-electron chi connectivity index (χ3n) is 2.50. The number of rotatable bonds is 1. The van der Waals surface area contributed by atoms with Gasteiger partial charge in [0.2, 0.25) is 5.89 Å². The predicted octanol–water partition coefficient (Wildman–Crippen LogP) is 1.96. The van der Waals surface area contributed by atoms with E-state index in [-0.39, 0.29) is 6.04 Å². The lowest BCUT2D eigenvalue weighted by Gasteiger charge is -1.97. The second-order valence-corrected chi connectivity index (χ2v) is 3.77. The van der Waals surface area contributed by atoms with Gasteiger partial charge in [0, 0.05) is 6.42 Å². The van der Waals surface area contributed by atoms with Crippen LogP contribution in [0.3, 0.4) is 0 Å². The van der Waals surface area contributed by atoms with Gasteiger partial charge in [0.05, 0.1) is 11.7 Å². The summed E-state index contributed by atoms with van der Waals surface area (Å²) >= 11 is 0. The molecule has 0 saturated carbocycles. The maximum Gasteiger partial charge on any atom is 0.211 e. The molecule has 1 aromatic heterocycles. The fourth-order valence-corrected chi connectivity index (χ4v) is 1.74. The Bertz CT molecular complexity index is 268. The first-order valence-corrected chi connectivity index (χ1v) is 5.01. The summed E-state index contributed by atoms with van der Waals surface area (Å²) in [4.78, 5) is 4.42. The van der Waals surface area contributed by atoms with Crippen LogP contribution in [0.25, 0.3) is 0 Å². The van der Waals surface area contributed by atoms with E-state index < -0.39 is 0 Å². The average molecular weight is 180 g/mol. The summed E-state index contributed by atoms with van der Waals surface area (Å²) in [6, 6.07) is -0.0769. The first-order chi connectivity index (χ1) is 6.27. The molecule has 1 atom stereocenters. The van der Waals surface area contributed by atoms with Gasteiger partial charge in [0.1, 0.15) is 5.76 Å². The second kappa shape index (κ2) is 3.50. The monoisotopic (exact) mass is 180 g/mol. The van der Waals surface area contributed by atoms with E-state index in [9.17, 15) is 0 Å². The molecular formula is C10H16N2O. The molecule has 72 valence electrons. The number of aromatic nitrogens is 1. The molecule has 1 aromatic rings. The van der Waals surface area contributed by atoms with Crippen molar-refractivity contribution >= 4 is 0 Å². The molecule has 0 aromatic carbocycles. The van der Waals surface area contributed by atoms with Crippen molar-refractivity contribution in [3.63, 3.8) is 0 Å². The van der Waals surface area contributed by atoms with Crippen LogP contribution in [0, 0.1) is 0 Å². The summed E-state index contributed by atoms with van der Waals surface area (Å²) < 4.78 is 5.61. The van der Waals surface area contributed by atoms with Gasteiger partial charge in [-0.2, -0.15) is 0 Å². The van der Waals surface area contributed by atoms with E-state index in [2.05, 4.69) is 4.98 Å². The van der Waals surface area contributed by atoms with Gasteiger partial charge in [-0.25, -0.2) is 4.98 Å². The molecule has 2 rings (SSSR count). The molecule has 0 spiro atoms. The number of hydrogen-bond donors (Lipinski definition) is 1. The van der Waals surface area contributed by atoms with Crippen LogP contribution in [0.5, 0.6) is 0 Å². The first-order valence-electron chi connectivity index (χ1n) is 5.01. The molecule has 1 heterocycles. The van der Waals surface area contributed by atoms with Gasteiger partial charge < -0.3 is 10.2 Å². The number of hydrogen-bond acceptors (Lipinski definition) is 3. The van der Waals surface area contributed by atoms with Crippen molar-refractivity contribution < 1.29 is 4.42 Å². The zero-order valence-corrected chi connectivity index (χ0v) is 8.05. The number of fused-ring (bicyclic) bond motifs is 1. The van der Waals surface area contributed by atoms with Crippen molar-refractivity contribution in [1.82, 2.24) is 4.98 Å². The van der Waals surface area contributed by atoms with Crippen LogP contribution in [0.1, 0.15) is 49.6 Å². The molecule has 3 heteroatoms. The topological polar surface area (TPSA) is 52.0 Å². The largest absolute Gasteiger partial charge is 0.444 e. The molecular weight excluding hydrogens is 164 g/mol. The fraction of sp³-hybridized carbons (Fsp3) is 0.700. The van der Waals surface area contributed by atoms with Crippen LogP contribution in [0.2, 0.25) is 0 Å². The van der Waals surface area contributed by atoms with Crippen LogP contribution in [0.15, 0.2) is 4.42 Å².